The second-order valence-electron chi connectivity index (χ2n) is 7.08. The molecule has 0 saturated carbocycles. The molecule has 6 N–H and O–H groups in total. The molecule has 1 aliphatic carbocycles. The Morgan fingerprint density at radius 3 is 2.86 bits per heavy atom. The Balaban J connectivity index is 1.65. The number of aromatic amines is 1. The number of nitrogens with zero attached hydrogens (tertiary/aromatic N) is 3. The Labute approximate surface area is 161 Å². The number of rotatable bonds is 3. The van der Waals surface area contributed by atoms with E-state index in [4.69, 9.17) is 16.5 Å². The van der Waals surface area contributed by atoms with E-state index < -0.39 is 0 Å². The van der Waals surface area contributed by atoms with Gasteiger partial charge in [-0.1, -0.05) is 24.3 Å². The molecule has 1 atom stereocenters. The van der Waals surface area contributed by atoms with Crippen LogP contribution in [0.1, 0.15) is 19.3 Å². The predicted molar refractivity (Wildman–Crippen MR) is 113 cm³/mol. The number of H-pyrrole nitrogens is 1. The van der Waals surface area contributed by atoms with Gasteiger partial charge in [-0.05, 0) is 25.3 Å². The second kappa shape index (κ2) is 6.61. The first-order chi connectivity index (χ1) is 13.7. The molecule has 0 saturated heterocycles. The summed E-state index contributed by atoms with van der Waals surface area (Å²) in [6, 6.07) is 8.14. The number of aromatic nitrogens is 4. The highest BCUT2D eigenvalue weighted by atomic mass is 15.1. The summed E-state index contributed by atoms with van der Waals surface area (Å²) in [7, 11) is 0. The highest BCUT2D eigenvalue weighted by Gasteiger charge is 2.17. The highest BCUT2D eigenvalue weighted by Crippen LogP contribution is 2.34. The summed E-state index contributed by atoms with van der Waals surface area (Å²) in [4.78, 5) is 16.9. The number of benzene rings is 1. The molecule has 0 radical (unpaired) electrons. The van der Waals surface area contributed by atoms with E-state index in [1.165, 1.54) is 0 Å². The summed E-state index contributed by atoms with van der Waals surface area (Å²) in [6.07, 6.45) is 10.7. The van der Waals surface area contributed by atoms with Gasteiger partial charge in [-0.25, -0.2) is 15.0 Å². The fourth-order valence-electron chi connectivity index (χ4n) is 3.77. The van der Waals surface area contributed by atoms with Gasteiger partial charge < -0.3 is 21.8 Å². The maximum atomic E-state index is 6.21. The number of para-hydroxylation sites is 1. The first-order valence-corrected chi connectivity index (χ1v) is 9.41. The van der Waals surface area contributed by atoms with Gasteiger partial charge >= 0.3 is 0 Å². The van der Waals surface area contributed by atoms with Crippen LogP contribution in [0.5, 0.6) is 0 Å². The minimum atomic E-state index is -0.0105. The Morgan fingerprint density at radius 1 is 1.07 bits per heavy atom. The van der Waals surface area contributed by atoms with Gasteiger partial charge in [0.25, 0.3) is 0 Å². The summed E-state index contributed by atoms with van der Waals surface area (Å²) in [5, 5.41) is 5.14. The Hall–Kier alpha value is -3.45. The molecule has 0 amide bonds. The maximum absolute atomic E-state index is 6.21. The SMILES string of the molecule is Nc1ncc(-c2c[nH]c3ccccc23)c2nc(NC3=CCCC[C@H]3N)ncc12. The van der Waals surface area contributed by atoms with Crippen molar-refractivity contribution >= 4 is 33.6 Å². The number of nitrogen functional groups attached to an aromatic ring is 1. The van der Waals surface area contributed by atoms with Crippen molar-refractivity contribution in [3.63, 3.8) is 0 Å². The van der Waals surface area contributed by atoms with Crippen molar-refractivity contribution in [2.45, 2.75) is 25.3 Å². The molecule has 28 heavy (non-hydrogen) atoms. The van der Waals surface area contributed by atoms with Crippen LogP contribution in [0.25, 0.3) is 32.9 Å². The number of allylic oxidation sites excluding steroid dienone is 1. The monoisotopic (exact) mass is 371 g/mol. The molecule has 3 heterocycles. The molecule has 7 nitrogen and oxygen atoms in total. The lowest BCUT2D eigenvalue weighted by Crippen LogP contribution is -2.29. The van der Waals surface area contributed by atoms with Gasteiger partial charge in [0.05, 0.1) is 10.9 Å². The van der Waals surface area contributed by atoms with Gasteiger partial charge in [-0.15, -0.1) is 0 Å². The summed E-state index contributed by atoms with van der Waals surface area (Å²) in [5.41, 5.74) is 17.1. The van der Waals surface area contributed by atoms with Crippen LogP contribution >= 0.6 is 0 Å². The molecular formula is C21H21N7. The summed E-state index contributed by atoms with van der Waals surface area (Å²) >= 11 is 0. The van der Waals surface area contributed by atoms with E-state index in [0.717, 1.165) is 57.9 Å². The third-order valence-corrected chi connectivity index (χ3v) is 5.27. The minimum Gasteiger partial charge on any atom is -0.383 e. The topological polar surface area (TPSA) is 119 Å². The van der Waals surface area contributed by atoms with Crippen LogP contribution in [-0.4, -0.2) is 26.0 Å². The quantitative estimate of drug-likeness (QED) is 0.437. The molecule has 140 valence electrons. The summed E-state index contributed by atoms with van der Waals surface area (Å²) < 4.78 is 0. The fraction of sp³-hybridized carbons (Fsp3) is 0.190. The zero-order valence-corrected chi connectivity index (χ0v) is 15.3. The van der Waals surface area contributed by atoms with E-state index in [-0.39, 0.29) is 6.04 Å². The number of fused-ring (bicyclic) bond motifs is 2. The Bertz CT molecular complexity index is 1210. The van der Waals surface area contributed by atoms with Crippen molar-refractivity contribution in [3.05, 3.63) is 54.6 Å². The molecule has 1 aliphatic rings. The van der Waals surface area contributed by atoms with Gasteiger partial charge in [-0.2, -0.15) is 0 Å². The van der Waals surface area contributed by atoms with Crippen LogP contribution in [0.15, 0.2) is 54.6 Å². The molecule has 3 aromatic heterocycles. The molecule has 1 aromatic carbocycles. The largest absolute Gasteiger partial charge is 0.383 e. The van der Waals surface area contributed by atoms with Gasteiger partial charge in [0.2, 0.25) is 5.95 Å². The number of anilines is 2. The second-order valence-corrected chi connectivity index (χ2v) is 7.08. The van der Waals surface area contributed by atoms with Crippen LogP contribution in [0.4, 0.5) is 11.8 Å². The van der Waals surface area contributed by atoms with Gasteiger partial charge in [-0.3, -0.25) is 0 Å². The van der Waals surface area contributed by atoms with Crippen molar-refractivity contribution in [2.24, 2.45) is 5.73 Å². The summed E-state index contributed by atoms with van der Waals surface area (Å²) in [6.45, 7) is 0. The molecule has 0 aliphatic heterocycles. The molecule has 0 spiro atoms. The van der Waals surface area contributed by atoms with E-state index >= 15 is 0 Å². The van der Waals surface area contributed by atoms with Crippen molar-refractivity contribution < 1.29 is 0 Å². The molecule has 5 rings (SSSR count). The highest BCUT2D eigenvalue weighted by molar-refractivity contribution is 6.05. The molecule has 4 aromatic rings. The van der Waals surface area contributed by atoms with Gasteiger partial charge in [0.15, 0.2) is 0 Å². The first-order valence-electron chi connectivity index (χ1n) is 9.41. The molecular weight excluding hydrogens is 350 g/mol. The normalized spacial score (nSPS) is 17.0. The Kier molecular flexibility index (Phi) is 3.95. The van der Waals surface area contributed by atoms with Gasteiger partial charge in [0, 0.05) is 52.4 Å². The first kappa shape index (κ1) is 16.7. The van der Waals surface area contributed by atoms with E-state index in [1.54, 1.807) is 12.4 Å². The third-order valence-electron chi connectivity index (χ3n) is 5.27. The zero-order valence-electron chi connectivity index (χ0n) is 15.3. The minimum absolute atomic E-state index is 0.0105. The lowest BCUT2D eigenvalue weighted by Gasteiger charge is -2.21. The third kappa shape index (κ3) is 2.76. The van der Waals surface area contributed by atoms with Crippen LogP contribution in [-0.2, 0) is 0 Å². The number of nitrogens with one attached hydrogen (secondary N) is 2. The lowest BCUT2D eigenvalue weighted by atomic mass is 10.0. The van der Waals surface area contributed by atoms with Crippen molar-refractivity contribution in [1.29, 1.82) is 0 Å². The van der Waals surface area contributed by atoms with Crippen LogP contribution < -0.4 is 16.8 Å². The molecule has 0 fully saturated rings. The predicted octanol–water partition coefficient (Wildman–Crippen LogP) is 3.56. The average Bonchev–Trinajstić information content (AvgIpc) is 3.14. The van der Waals surface area contributed by atoms with E-state index in [9.17, 15) is 0 Å². The van der Waals surface area contributed by atoms with E-state index in [2.05, 4.69) is 32.4 Å². The molecule has 0 unspecified atom stereocenters. The van der Waals surface area contributed by atoms with E-state index in [0.29, 0.717) is 11.8 Å². The number of hydrogen-bond donors (Lipinski definition) is 4. The number of pyridine rings is 1. The lowest BCUT2D eigenvalue weighted by molar-refractivity contribution is 0.617. The fourth-order valence-corrected chi connectivity index (χ4v) is 3.77. The number of hydrogen-bond acceptors (Lipinski definition) is 6. The van der Waals surface area contributed by atoms with Crippen LogP contribution in [0, 0.1) is 0 Å². The van der Waals surface area contributed by atoms with Crippen LogP contribution in [0.3, 0.4) is 0 Å². The van der Waals surface area contributed by atoms with Gasteiger partial charge in [0.1, 0.15) is 5.82 Å². The van der Waals surface area contributed by atoms with Crippen molar-refractivity contribution in [2.75, 3.05) is 11.1 Å². The molecule has 0 bridgehead atoms. The maximum Gasteiger partial charge on any atom is 0.227 e. The standard InChI is InChI=1S/C21H21N7/c22-16-6-2-4-8-18(16)27-21-26-11-15-19(28-21)14(10-25-20(15)23)13-9-24-17-7-3-1-5-12(13)17/h1,3,5,7-11,16,24H,2,4,6,22H2,(H2,23,25)(H,26,27,28)/t16-/m1/s1. The van der Waals surface area contributed by atoms with Crippen LogP contribution in [0.2, 0.25) is 0 Å². The van der Waals surface area contributed by atoms with Crippen molar-refractivity contribution in [3.8, 4) is 11.1 Å². The smallest absolute Gasteiger partial charge is 0.227 e. The average molecular weight is 371 g/mol. The van der Waals surface area contributed by atoms with Crippen molar-refractivity contribution in [1.82, 2.24) is 19.9 Å². The number of nitrogens with two attached hydrogens (primary N) is 2. The van der Waals surface area contributed by atoms with E-state index in [1.807, 2.05) is 24.4 Å². The Morgan fingerprint density at radius 2 is 1.96 bits per heavy atom. The molecule has 7 heteroatoms. The zero-order chi connectivity index (χ0) is 19.1. The summed E-state index contributed by atoms with van der Waals surface area (Å²) in [5.74, 6) is 0.932.